The lowest BCUT2D eigenvalue weighted by molar-refractivity contribution is -0.131. The monoisotopic (exact) mass is 360 g/mol. The summed E-state index contributed by atoms with van der Waals surface area (Å²) in [6.07, 6.45) is 0. The Morgan fingerprint density at radius 3 is 2.62 bits per heavy atom. The molecule has 2 aromatic rings. The van der Waals surface area contributed by atoms with Gasteiger partial charge in [0.05, 0.1) is 13.7 Å². The fourth-order valence-electron chi connectivity index (χ4n) is 2.79. The van der Waals surface area contributed by atoms with Crippen LogP contribution in [0.2, 0.25) is 0 Å². The second kappa shape index (κ2) is 6.29. The number of imide groups is 1. The van der Waals surface area contributed by atoms with E-state index in [1.54, 1.807) is 19.1 Å². The molecule has 1 N–H and O–H groups in total. The van der Waals surface area contributed by atoms with Crippen LogP contribution >= 0.6 is 0 Å². The van der Waals surface area contributed by atoms with Gasteiger partial charge in [-0.3, -0.25) is 14.5 Å². The first-order chi connectivity index (χ1) is 12.3. The van der Waals surface area contributed by atoms with Crippen molar-refractivity contribution in [2.45, 2.75) is 19.4 Å². The SMILES string of the molecule is COc1ccc(C(=O)CN2C(=O)NC(C)(c3ccc(C)o3)C2=O)cc1F. The van der Waals surface area contributed by atoms with E-state index >= 15 is 0 Å². The molecule has 1 aliphatic rings. The normalized spacial score (nSPS) is 19.6. The van der Waals surface area contributed by atoms with Crippen LogP contribution in [-0.4, -0.2) is 36.3 Å². The van der Waals surface area contributed by atoms with Crippen molar-refractivity contribution in [3.63, 3.8) is 0 Å². The summed E-state index contributed by atoms with van der Waals surface area (Å²) in [4.78, 5) is 38.1. The van der Waals surface area contributed by atoms with Gasteiger partial charge in [0, 0.05) is 5.56 Å². The summed E-state index contributed by atoms with van der Waals surface area (Å²) in [6.45, 7) is 2.71. The molecule has 0 radical (unpaired) electrons. The van der Waals surface area contributed by atoms with Crippen LogP contribution in [0.25, 0.3) is 0 Å². The Morgan fingerprint density at radius 1 is 1.31 bits per heavy atom. The Kier molecular flexibility index (Phi) is 4.27. The van der Waals surface area contributed by atoms with Crippen LogP contribution < -0.4 is 10.1 Å². The van der Waals surface area contributed by atoms with Gasteiger partial charge in [0.1, 0.15) is 11.5 Å². The Bertz CT molecular complexity index is 907. The van der Waals surface area contributed by atoms with Crippen LogP contribution in [0.1, 0.15) is 28.8 Å². The number of ketones is 1. The topological polar surface area (TPSA) is 88.8 Å². The highest BCUT2D eigenvalue weighted by Crippen LogP contribution is 2.30. The standard InChI is InChI=1S/C18H17FN2O5/c1-10-4-7-15(26-10)18(2)16(23)21(17(24)20-18)9-13(22)11-5-6-14(25-3)12(19)8-11/h4-8H,9H2,1-3H3,(H,20,24). The number of ether oxygens (including phenoxy) is 1. The number of carbonyl (C=O) groups excluding carboxylic acids is 3. The number of methoxy groups -OCH3 is 1. The van der Waals surface area contributed by atoms with Crippen LogP contribution in [0.3, 0.4) is 0 Å². The predicted octanol–water partition coefficient (Wildman–Crippen LogP) is 2.39. The maximum absolute atomic E-state index is 13.8. The number of carbonyl (C=O) groups is 3. The number of hydrogen-bond acceptors (Lipinski definition) is 5. The van der Waals surface area contributed by atoms with E-state index in [1.807, 2.05) is 0 Å². The number of benzene rings is 1. The summed E-state index contributed by atoms with van der Waals surface area (Å²) < 4.78 is 24.0. The predicted molar refractivity (Wildman–Crippen MR) is 88.3 cm³/mol. The van der Waals surface area contributed by atoms with Gasteiger partial charge < -0.3 is 14.5 Å². The molecule has 1 saturated heterocycles. The van der Waals surface area contributed by atoms with Gasteiger partial charge in [-0.25, -0.2) is 9.18 Å². The number of amides is 3. The zero-order valence-corrected chi connectivity index (χ0v) is 14.5. The highest BCUT2D eigenvalue weighted by molar-refractivity contribution is 6.11. The number of hydrogen-bond donors (Lipinski definition) is 1. The lowest BCUT2D eigenvalue weighted by Crippen LogP contribution is -2.41. The average molecular weight is 360 g/mol. The molecule has 1 aliphatic heterocycles. The van der Waals surface area contributed by atoms with Crippen LogP contribution in [0.5, 0.6) is 5.75 Å². The number of halogens is 1. The molecule has 1 fully saturated rings. The van der Waals surface area contributed by atoms with Crippen molar-refractivity contribution in [1.82, 2.24) is 10.2 Å². The molecule has 3 rings (SSSR count). The summed E-state index contributed by atoms with van der Waals surface area (Å²) in [5.41, 5.74) is -1.36. The van der Waals surface area contributed by atoms with E-state index in [-0.39, 0.29) is 17.1 Å². The Hall–Kier alpha value is -3.16. The highest BCUT2D eigenvalue weighted by Gasteiger charge is 2.51. The highest BCUT2D eigenvalue weighted by atomic mass is 19.1. The number of rotatable bonds is 5. The molecule has 1 unspecified atom stereocenters. The lowest BCUT2D eigenvalue weighted by atomic mass is 9.99. The summed E-state index contributed by atoms with van der Waals surface area (Å²) in [5, 5.41) is 2.54. The maximum atomic E-state index is 13.8. The molecule has 1 atom stereocenters. The molecule has 136 valence electrons. The molecule has 26 heavy (non-hydrogen) atoms. The van der Waals surface area contributed by atoms with E-state index in [2.05, 4.69) is 5.32 Å². The van der Waals surface area contributed by atoms with Crippen LogP contribution in [0.4, 0.5) is 9.18 Å². The van der Waals surface area contributed by atoms with Crippen molar-refractivity contribution >= 4 is 17.7 Å². The minimum atomic E-state index is -1.39. The summed E-state index contributed by atoms with van der Waals surface area (Å²) >= 11 is 0. The molecule has 0 spiro atoms. The first-order valence-electron chi connectivity index (χ1n) is 7.84. The van der Waals surface area contributed by atoms with Crippen molar-refractivity contribution in [3.05, 3.63) is 53.2 Å². The molecular formula is C18H17FN2O5. The number of furan rings is 1. The quantitative estimate of drug-likeness (QED) is 0.653. The van der Waals surface area contributed by atoms with Crippen LogP contribution in [-0.2, 0) is 10.3 Å². The van der Waals surface area contributed by atoms with Crippen molar-refractivity contribution in [2.75, 3.05) is 13.7 Å². The third-order valence-corrected chi connectivity index (χ3v) is 4.28. The van der Waals surface area contributed by atoms with Crippen LogP contribution in [0, 0.1) is 12.7 Å². The van der Waals surface area contributed by atoms with Crippen molar-refractivity contribution in [3.8, 4) is 5.75 Å². The van der Waals surface area contributed by atoms with Gasteiger partial charge in [-0.15, -0.1) is 0 Å². The summed E-state index contributed by atoms with van der Waals surface area (Å²) in [6, 6.07) is 6.25. The first kappa shape index (κ1) is 17.7. The third-order valence-electron chi connectivity index (χ3n) is 4.28. The van der Waals surface area contributed by atoms with E-state index in [9.17, 15) is 18.8 Å². The fourth-order valence-corrected chi connectivity index (χ4v) is 2.79. The fraction of sp³-hybridized carbons (Fsp3) is 0.278. The maximum Gasteiger partial charge on any atom is 0.325 e. The molecule has 8 heteroatoms. The first-order valence-corrected chi connectivity index (χ1v) is 7.84. The summed E-state index contributed by atoms with van der Waals surface area (Å²) in [7, 11) is 1.31. The van der Waals surface area contributed by atoms with Crippen molar-refractivity contribution in [1.29, 1.82) is 0 Å². The van der Waals surface area contributed by atoms with Crippen molar-refractivity contribution in [2.24, 2.45) is 0 Å². The lowest BCUT2D eigenvalue weighted by Gasteiger charge is -2.19. The van der Waals surface area contributed by atoms with Gasteiger partial charge in [-0.2, -0.15) is 0 Å². The molecule has 1 aromatic heterocycles. The van der Waals surface area contributed by atoms with E-state index in [1.165, 1.54) is 26.2 Å². The van der Waals surface area contributed by atoms with Crippen LogP contribution in [0.15, 0.2) is 34.7 Å². The number of nitrogens with one attached hydrogen (secondary N) is 1. The zero-order chi connectivity index (χ0) is 19.1. The van der Waals surface area contributed by atoms with Gasteiger partial charge in [-0.05, 0) is 44.2 Å². The molecule has 0 saturated carbocycles. The zero-order valence-electron chi connectivity index (χ0n) is 14.5. The molecule has 0 bridgehead atoms. The second-order valence-electron chi connectivity index (χ2n) is 6.13. The Labute approximate surface area is 148 Å². The van der Waals surface area contributed by atoms with E-state index in [4.69, 9.17) is 9.15 Å². The minimum absolute atomic E-state index is 0.00249. The van der Waals surface area contributed by atoms with Gasteiger partial charge in [0.2, 0.25) is 0 Å². The van der Waals surface area contributed by atoms with Gasteiger partial charge in [0.25, 0.3) is 5.91 Å². The number of aryl methyl sites for hydroxylation is 1. The number of nitrogens with zero attached hydrogens (tertiary/aromatic N) is 1. The number of urea groups is 1. The van der Waals surface area contributed by atoms with E-state index < -0.39 is 35.6 Å². The molecular weight excluding hydrogens is 343 g/mol. The Balaban J connectivity index is 1.82. The molecule has 1 aromatic carbocycles. The third kappa shape index (κ3) is 2.83. The van der Waals surface area contributed by atoms with E-state index in [0.717, 1.165) is 11.0 Å². The minimum Gasteiger partial charge on any atom is -0.494 e. The van der Waals surface area contributed by atoms with Crippen molar-refractivity contribution < 1.29 is 27.9 Å². The number of Topliss-reactive ketones (excluding diaryl/α,β-unsaturated/α-hetero) is 1. The van der Waals surface area contributed by atoms with Gasteiger partial charge >= 0.3 is 6.03 Å². The second-order valence-corrected chi connectivity index (χ2v) is 6.13. The largest absolute Gasteiger partial charge is 0.494 e. The van der Waals surface area contributed by atoms with Gasteiger partial charge in [-0.1, -0.05) is 0 Å². The van der Waals surface area contributed by atoms with E-state index in [0.29, 0.717) is 5.76 Å². The molecule has 7 nitrogen and oxygen atoms in total. The molecule has 2 heterocycles. The Morgan fingerprint density at radius 2 is 2.04 bits per heavy atom. The van der Waals surface area contributed by atoms with Gasteiger partial charge in [0.15, 0.2) is 22.9 Å². The molecule has 0 aliphatic carbocycles. The molecule has 3 amide bonds. The average Bonchev–Trinajstić information content (AvgIpc) is 3.13. The smallest absolute Gasteiger partial charge is 0.325 e. The summed E-state index contributed by atoms with van der Waals surface area (Å²) in [5.74, 6) is -1.02.